The maximum absolute atomic E-state index is 9.02. The molecule has 4 nitrogen and oxygen atoms in total. The SMILES string of the molecule is OCCOCCOC(CO)C1=CCC1. The Morgan fingerprint density at radius 3 is 2.57 bits per heavy atom. The number of hydrogen-bond acceptors (Lipinski definition) is 4. The lowest BCUT2D eigenvalue weighted by Gasteiger charge is -2.23. The zero-order valence-corrected chi connectivity index (χ0v) is 8.32. The Morgan fingerprint density at radius 2 is 2.07 bits per heavy atom. The van der Waals surface area contributed by atoms with Crippen molar-refractivity contribution in [2.24, 2.45) is 0 Å². The molecule has 0 spiro atoms. The van der Waals surface area contributed by atoms with Crippen molar-refractivity contribution in [2.45, 2.75) is 18.9 Å². The molecule has 82 valence electrons. The van der Waals surface area contributed by atoms with Gasteiger partial charge in [-0.25, -0.2) is 0 Å². The fourth-order valence-corrected chi connectivity index (χ4v) is 1.30. The van der Waals surface area contributed by atoms with E-state index >= 15 is 0 Å². The van der Waals surface area contributed by atoms with E-state index in [0.29, 0.717) is 19.8 Å². The van der Waals surface area contributed by atoms with Gasteiger partial charge >= 0.3 is 0 Å². The fraction of sp³-hybridized carbons (Fsp3) is 0.800. The molecule has 1 atom stereocenters. The summed E-state index contributed by atoms with van der Waals surface area (Å²) in [6, 6.07) is 0. The largest absolute Gasteiger partial charge is 0.394 e. The number of ether oxygens (including phenoxy) is 2. The highest BCUT2D eigenvalue weighted by atomic mass is 16.5. The first-order valence-corrected chi connectivity index (χ1v) is 4.98. The average molecular weight is 202 g/mol. The fourth-order valence-electron chi connectivity index (χ4n) is 1.30. The molecule has 1 aliphatic rings. The normalized spacial score (nSPS) is 17.4. The molecule has 0 radical (unpaired) electrons. The highest BCUT2D eigenvalue weighted by Crippen LogP contribution is 2.23. The van der Waals surface area contributed by atoms with Crippen LogP contribution >= 0.6 is 0 Å². The van der Waals surface area contributed by atoms with Crippen LogP contribution in [0.5, 0.6) is 0 Å². The van der Waals surface area contributed by atoms with Gasteiger partial charge < -0.3 is 19.7 Å². The maximum atomic E-state index is 9.02. The highest BCUT2D eigenvalue weighted by molar-refractivity contribution is 5.17. The van der Waals surface area contributed by atoms with Crippen LogP contribution in [-0.2, 0) is 9.47 Å². The van der Waals surface area contributed by atoms with Gasteiger partial charge in [0.05, 0.1) is 33.0 Å². The summed E-state index contributed by atoms with van der Waals surface area (Å²) in [6.07, 6.45) is 4.07. The average Bonchev–Trinajstić information content (AvgIpc) is 2.12. The van der Waals surface area contributed by atoms with E-state index in [1.807, 2.05) is 0 Å². The molecule has 0 aromatic rings. The van der Waals surface area contributed by atoms with Crippen LogP contribution in [0.3, 0.4) is 0 Å². The van der Waals surface area contributed by atoms with Crippen LogP contribution in [0.4, 0.5) is 0 Å². The van der Waals surface area contributed by atoms with Crippen LogP contribution in [0, 0.1) is 0 Å². The summed E-state index contributed by atoms with van der Waals surface area (Å²) >= 11 is 0. The number of allylic oxidation sites excluding steroid dienone is 1. The maximum Gasteiger partial charge on any atom is 0.102 e. The van der Waals surface area contributed by atoms with E-state index in [9.17, 15) is 0 Å². The molecule has 0 bridgehead atoms. The monoisotopic (exact) mass is 202 g/mol. The third-order valence-corrected chi connectivity index (χ3v) is 2.20. The van der Waals surface area contributed by atoms with Crippen LogP contribution in [0.25, 0.3) is 0 Å². The van der Waals surface area contributed by atoms with Crippen molar-refractivity contribution in [3.8, 4) is 0 Å². The quantitative estimate of drug-likeness (QED) is 0.433. The van der Waals surface area contributed by atoms with Gasteiger partial charge in [0, 0.05) is 0 Å². The zero-order valence-electron chi connectivity index (χ0n) is 8.32. The van der Waals surface area contributed by atoms with Crippen molar-refractivity contribution in [2.75, 3.05) is 33.0 Å². The van der Waals surface area contributed by atoms with E-state index in [1.165, 1.54) is 5.57 Å². The van der Waals surface area contributed by atoms with Crippen molar-refractivity contribution in [1.82, 2.24) is 0 Å². The Kier molecular flexibility index (Phi) is 5.78. The Labute approximate surface area is 84.1 Å². The van der Waals surface area contributed by atoms with Gasteiger partial charge in [0.2, 0.25) is 0 Å². The Morgan fingerprint density at radius 1 is 1.29 bits per heavy atom. The smallest absolute Gasteiger partial charge is 0.102 e. The van der Waals surface area contributed by atoms with Crippen LogP contribution in [0.2, 0.25) is 0 Å². The lowest BCUT2D eigenvalue weighted by Crippen LogP contribution is -2.25. The van der Waals surface area contributed by atoms with E-state index in [0.717, 1.165) is 12.8 Å². The minimum absolute atomic E-state index is 0.0336. The molecule has 0 aliphatic heterocycles. The Hall–Kier alpha value is -0.420. The van der Waals surface area contributed by atoms with E-state index in [-0.39, 0.29) is 19.3 Å². The molecule has 0 saturated carbocycles. The number of aliphatic hydroxyl groups excluding tert-OH is 2. The standard InChI is InChI=1S/C10H18O4/c11-4-5-13-6-7-14-10(8-12)9-2-1-3-9/h2,10-12H,1,3-8H2. The predicted molar refractivity (Wildman–Crippen MR) is 52.0 cm³/mol. The van der Waals surface area contributed by atoms with Gasteiger partial charge in [0.1, 0.15) is 6.10 Å². The summed E-state index contributed by atoms with van der Waals surface area (Å²) in [6.45, 7) is 1.34. The zero-order chi connectivity index (χ0) is 10.2. The van der Waals surface area contributed by atoms with Crippen LogP contribution < -0.4 is 0 Å². The van der Waals surface area contributed by atoms with E-state index in [4.69, 9.17) is 19.7 Å². The third kappa shape index (κ3) is 3.75. The molecule has 0 amide bonds. The molecule has 2 N–H and O–H groups in total. The molecule has 0 aromatic heterocycles. The lowest BCUT2D eigenvalue weighted by atomic mass is 9.94. The second kappa shape index (κ2) is 6.95. The lowest BCUT2D eigenvalue weighted by molar-refractivity contribution is -0.0109. The van der Waals surface area contributed by atoms with Crippen molar-refractivity contribution >= 4 is 0 Å². The minimum atomic E-state index is -0.151. The van der Waals surface area contributed by atoms with Gasteiger partial charge in [-0.1, -0.05) is 6.08 Å². The third-order valence-electron chi connectivity index (χ3n) is 2.20. The first-order valence-electron chi connectivity index (χ1n) is 4.98. The van der Waals surface area contributed by atoms with E-state index < -0.39 is 0 Å². The number of rotatable bonds is 8. The molecular formula is C10H18O4. The summed E-state index contributed by atoms with van der Waals surface area (Å²) in [5, 5.41) is 17.5. The van der Waals surface area contributed by atoms with Crippen molar-refractivity contribution in [1.29, 1.82) is 0 Å². The molecule has 1 rings (SSSR count). The number of hydrogen-bond donors (Lipinski definition) is 2. The topological polar surface area (TPSA) is 58.9 Å². The van der Waals surface area contributed by atoms with E-state index in [2.05, 4.69) is 6.08 Å². The van der Waals surface area contributed by atoms with Crippen molar-refractivity contribution < 1.29 is 19.7 Å². The van der Waals surface area contributed by atoms with Gasteiger partial charge in [-0.3, -0.25) is 0 Å². The summed E-state index contributed by atoms with van der Waals surface area (Å²) in [4.78, 5) is 0. The molecule has 0 heterocycles. The summed E-state index contributed by atoms with van der Waals surface area (Å²) in [7, 11) is 0. The van der Waals surface area contributed by atoms with Crippen molar-refractivity contribution in [3.63, 3.8) is 0 Å². The second-order valence-electron chi connectivity index (χ2n) is 3.20. The number of aliphatic hydroxyl groups is 2. The molecule has 0 aromatic carbocycles. The van der Waals surface area contributed by atoms with Crippen LogP contribution in [0.15, 0.2) is 11.6 Å². The first-order chi connectivity index (χ1) is 6.88. The van der Waals surface area contributed by atoms with Crippen LogP contribution in [-0.4, -0.2) is 49.4 Å². The molecule has 0 saturated heterocycles. The second-order valence-corrected chi connectivity index (χ2v) is 3.20. The van der Waals surface area contributed by atoms with Gasteiger partial charge in [-0.05, 0) is 18.4 Å². The molecule has 1 aliphatic carbocycles. The summed E-state index contributed by atoms with van der Waals surface area (Å²) in [5.41, 5.74) is 1.19. The van der Waals surface area contributed by atoms with Gasteiger partial charge in [0.25, 0.3) is 0 Å². The molecule has 1 unspecified atom stereocenters. The Balaban J connectivity index is 2.03. The molecule has 4 heteroatoms. The van der Waals surface area contributed by atoms with Gasteiger partial charge in [-0.15, -0.1) is 0 Å². The summed E-state index contributed by atoms with van der Waals surface area (Å²) < 4.78 is 10.4. The minimum Gasteiger partial charge on any atom is -0.394 e. The Bertz CT molecular complexity index is 179. The molecular weight excluding hydrogens is 184 g/mol. The van der Waals surface area contributed by atoms with Crippen LogP contribution in [0.1, 0.15) is 12.8 Å². The van der Waals surface area contributed by atoms with E-state index in [1.54, 1.807) is 0 Å². The predicted octanol–water partition coefficient (Wildman–Crippen LogP) is 0.0930. The van der Waals surface area contributed by atoms with Gasteiger partial charge in [0.15, 0.2) is 0 Å². The summed E-state index contributed by atoms with van der Waals surface area (Å²) in [5.74, 6) is 0. The first kappa shape index (κ1) is 11.7. The molecule has 0 fully saturated rings. The highest BCUT2D eigenvalue weighted by Gasteiger charge is 2.17. The van der Waals surface area contributed by atoms with Gasteiger partial charge in [-0.2, -0.15) is 0 Å². The van der Waals surface area contributed by atoms with Crippen molar-refractivity contribution in [3.05, 3.63) is 11.6 Å². The molecule has 14 heavy (non-hydrogen) atoms.